The van der Waals surface area contributed by atoms with Gasteiger partial charge >= 0.3 is 5.76 Å². The number of nitrogens with one attached hydrogen (secondary N) is 1. The standard InChI is InChI=1S/C24H28N2O3/c1-16(2)18-8-6-17(7-9-18)5-3-4-12-26-14-20(15-26)23(27)19-10-11-22-21(13-19)25-24(28)29-22/h6-11,13,16,20H,3-5,12,14-15H2,1-2H3,(H,25,28). The first-order chi connectivity index (χ1) is 14.0. The average molecular weight is 392 g/mol. The third kappa shape index (κ3) is 4.51. The number of benzene rings is 2. The number of ketones is 1. The van der Waals surface area contributed by atoms with Crippen molar-refractivity contribution in [1.82, 2.24) is 9.88 Å². The van der Waals surface area contributed by atoms with Crippen molar-refractivity contribution >= 4 is 16.9 Å². The second-order valence-electron chi connectivity index (χ2n) is 8.40. The van der Waals surface area contributed by atoms with Crippen molar-refractivity contribution in [2.75, 3.05) is 19.6 Å². The third-order valence-corrected chi connectivity index (χ3v) is 5.87. The van der Waals surface area contributed by atoms with Crippen LogP contribution >= 0.6 is 0 Å². The maximum absolute atomic E-state index is 12.7. The number of oxazole rings is 1. The molecule has 3 aromatic rings. The van der Waals surface area contributed by atoms with Crippen molar-refractivity contribution in [3.63, 3.8) is 0 Å². The minimum absolute atomic E-state index is 0.0506. The van der Waals surface area contributed by atoms with E-state index >= 15 is 0 Å². The smallest absolute Gasteiger partial charge is 0.408 e. The van der Waals surface area contributed by atoms with Crippen LogP contribution in [0.2, 0.25) is 0 Å². The number of aromatic nitrogens is 1. The average Bonchev–Trinajstić information content (AvgIpc) is 3.05. The van der Waals surface area contributed by atoms with E-state index in [-0.39, 0.29) is 11.7 Å². The van der Waals surface area contributed by atoms with E-state index in [1.54, 1.807) is 18.2 Å². The topological polar surface area (TPSA) is 66.3 Å². The Kier molecular flexibility index (Phi) is 5.67. The number of aromatic amines is 1. The van der Waals surface area contributed by atoms with E-state index in [4.69, 9.17) is 4.42 Å². The Bertz CT molecular complexity index is 1040. The van der Waals surface area contributed by atoms with E-state index in [9.17, 15) is 9.59 Å². The lowest BCUT2D eigenvalue weighted by molar-refractivity contribution is 0.0618. The monoisotopic (exact) mass is 392 g/mol. The molecule has 2 heterocycles. The molecular formula is C24H28N2O3. The molecule has 0 aliphatic carbocycles. The van der Waals surface area contributed by atoms with Crippen LogP contribution in [0.1, 0.15) is 54.1 Å². The first kappa shape index (κ1) is 19.6. The summed E-state index contributed by atoms with van der Waals surface area (Å²) in [4.78, 5) is 28.9. The van der Waals surface area contributed by atoms with Crippen LogP contribution in [0.25, 0.3) is 11.1 Å². The molecular weight excluding hydrogens is 364 g/mol. The second kappa shape index (κ2) is 8.37. The maximum Gasteiger partial charge on any atom is 0.417 e. The minimum Gasteiger partial charge on any atom is -0.408 e. The van der Waals surface area contributed by atoms with Crippen molar-refractivity contribution in [3.8, 4) is 0 Å². The summed E-state index contributed by atoms with van der Waals surface area (Å²) in [5, 5.41) is 0. The lowest BCUT2D eigenvalue weighted by Crippen LogP contribution is -2.50. The SMILES string of the molecule is CC(C)c1ccc(CCCCN2CC(C(=O)c3ccc4oc(=O)[nH]c4c3)C2)cc1. The molecule has 4 rings (SSSR count). The Balaban J connectivity index is 1.19. The van der Waals surface area contributed by atoms with E-state index in [2.05, 4.69) is 48.0 Å². The van der Waals surface area contributed by atoms with E-state index in [1.807, 2.05) is 0 Å². The maximum atomic E-state index is 12.7. The number of aryl methyl sites for hydroxylation is 1. The summed E-state index contributed by atoms with van der Waals surface area (Å²) < 4.78 is 4.99. The summed E-state index contributed by atoms with van der Waals surface area (Å²) in [6, 6.07) is 14.1. The number of Topliss-reactive ketones (excluding diaryl/α,β-unsaturated/α-hetero) is 1. The molecule has 1 N–H and O–H groups in total. The summed E-state index contributed by atoms with van der Waals surface area (Å²) in [5.74, 6) is 0.287. The number of fused-ring (bicyclic) bond motifs is 1. The van der Waals surface area contributed by atoms with Crippen molar-refractivity contribution in [3.05, 3.63) is 69.7 Å². The molecule has 0 amide bonds. The van der Waals surface area contributed by atoms with Gasteiger partial charge in [0.2, 0.25) is 0 Å². The van der Waals surface area contributed by atoms with Crippen molar-refractivity contribution < 1.29 is 9.21 Å². The van der Waals surface area contributed by atoms with E-state index in [1.165, 1.54) is 17.5 Å². The van der Waals surface area contributed by atoms with Gasteiger partial charge in [0.25, 0.3) is 0 Å². The number of likely N-dealkylation sites (tertiary alicyclic amines) is 1. The van der Waals surface area contributed by atoms with Crippen LogP contribution in [0.5, 0.6) is 0 Å². The predicted octanol–water partition coefficient (Wildman–Crippen LogP) is 4.38. The van der Waals surface area contributed by atoms with Gasteiger partial charge in [-0.1, -0.05) is 38.1 Å². The molecule has 1 saturated heterocycles. The Morgan fingerprint density at radius 1 is 1.14 bits per heavy atom. The van der Waals surface area contributed by atoms with Gasteiger partial charge in [-0.05, 0) is 61.1 Å². The zero-order valence-electron chi connectivity index (χ0n) is 17.1. The zero-order chi connectivity index (χ0) is 20.4. The van der Waals surface area contributed by atoms with Crippen LogP contribution in [0.4, 0.5) is 0 Å². The molecule has 152 valence electrons. The minimum atomic E-state index is -0.490. The number of nitrogens with zero attached hydrogens (tertiary/aromatic N) is 1. The zero-order valence-corrected chi connectivity index (χ0v) is 17.1. The predicted molar refractivity (Wildman–Crippen MR) is 115 cm³/mol. The lowest BCUT2D eigenvalue weighted by Gasteiger charge is -2.38. The van der Waals surface area contributed by atoms with Crippen LogP contribution in [0.15, 0.2) is 51.7 Å². The van der Waals surface area contributed by atoms with Crippen molar-refractivity contribution in [2.24, 2.45) is 5.92 Å². The molecule has 0 radical (unpaired) electrons. The van der Waals surface area contributed by atoms with Crippen LogP contribution in [0.3, 0.4) is 0 Å². The second-order valence-corrected chi connectivity index (χ2v) is 8.40. The Labute approximate surface area is 170 Å². The quantitative estimate of drug-likeness (QED) is 0.456. The molecule has 5 nitrogen and oxygen atoms in total. The van der Waals surface area contributed by atoms with E-state index < -0.39 is 5.76 Å². The first-order valence-electron chi connectivity index (χ1n) is 10.5. The van der Waals surface area contributed by atoms with Gasteiger partial charge in [0.05, 0.1) is 5.52 Å². The Morgan fingerprint density at radius 3 is 2.62 bits per heavy atom. The fourth-order valence-corrected chi connectivity index (χ4v) is 3.99. The molecule has 1 aliphatic rings. The van der Waals surface area contributed by atoms with Gasteiger partial charge in [-0.25, -0.2) is 4.79 Å². The van der Waals surface area contributed by atoms with Crippen LogP contribution < -0.4 is 5.76 Å². The van der Waals surface area contributed by atoms with Crippen LogP contribution in [-0.4, -0.2) is 35.3 Å². The number of hydrogen-bond acceptors (Lipinski definition) is 4. The number of hydrogen-bond donors (Lipinski definition) is 1. The molecule has 0 unspecified atom stereocenters. The fourth-order valence-electron chi connectivity index (χ4n) is 3.99. The van der Waals surface area contributed by atoms with E-state index in [0.717, 1.165) is 32.5 Å². The number of carbonyl (C=O) groups is 1. The van der Waals surface area contributed by atoms with Crippen molar-refractivity contribution in [1.29, 1.82) is 0 Å². The number of rotatable bonds is 8. The van der Waals surface area contributed by atoms with Crippen LogP contribution in [-0.2, 0) is 6.42 Å². The third-order valence-electron chi connectivity index (χ3n) is 5.87. The molecule has 1 aromatic heterocycles. The van der Waals surface area contributed by atoms with Gasteiger partial charge in [-0.15, -0.1) is 0 Å². The highest BCUT2D eigenvalue weighted by Gasteiger charge is 2.32. The largest absolute Gasteiger partial charge is 0.417 e. The summed E-state index contributed by atoms with van der Waals surface area (Å²) in [5.41, 5.74) is 4.50. The number of carbonyl (C=O) groups excluding carboxylic acids is 1. The van der Waals surface area contributed by atoms with E-state index in [0.29, 0.717) is 22.6 Å². The normalized spacial score (nSPS) is 15.1. The highest BCUT2D eigenvalue weighted by atomic mass is 16.4. The summed E-state index contributed by atoms with van der Waals surface area (Å²) in [6.07, 6.45) is 3.42. The summed E-state index contributed by atoms with van der Waals surface area (Å²) >= 11 is 0. The van der Waals surface area contributed by atoms with Gasteiger partial charge in [-0.2, -0.15) is 0 Å². The van der Waals surface area contributed by atoms with Crippen molar-refractivity contribution in [2.45, 2.75) is 39.0 Å². The molecule has 1 aliphatic heterocycles. The highest BCUT2D eigenvalue weighted by Crippen LogP contribution is 2.23. The first-order valence-corrected chi connectivity index (χ1v) is 10.5. The van der Waals surface area contributed by atoms with Gasteiger partial charge in [0, 0.05) is 24.6 Å². The van der Waals surface area contributed by atoms with Gasteiger partial charge < -0.3 is 9.32 Å². The summed E-state index contributed by atoms with van der Waals surface area (Å²) in [6.45, 7) is 7.12. The van der Waals surface area contributed by atoms with Gasteiger partial charge in [-0.3, -0.25) is 9.78 Å². The molecule has 0 atom stereocenters. The Morgan fingerprint density at radius 2 is 1.90 bits per heavy atom. The molecule has 0 saturated carbocycles. The molecule has 5 heteroatoms. The van der Waals surface area contributed by atoms with Gasteiger partial charge in [0.15, 0.2) is 11.4 Å². The molecule has 0 bridgehead atoms. The fraction of sp³-hybridized carbons (Fsp3) is 0.417. The number of H-pyrrole nitrogens is 1. The molecule has 0 spiro atoms. The lowest BCUT2D eigenvalue weighted by atomic mass is 9.90. The Hall–Kier alpha value is -2.66. The summed E-state index contributed by atoms with van der Waals surface area (Å²) in [7, 11) is 0. The molecule has 2 aromatic carbocycles. The molecule has 29 heavy (non-hydrogen) atoms. The molecule has 1 fully saturated rings. The van der Waals surface area contributed by atoms with Gasteiger partial charge in [0.1, 0.15) is 0 Å². The van der Waals surface area contributed by atoms with Crippen LogP contribution in [0, 0.1) is 5.92 Å². The highest BCUT2D eigenvalue weighted by molar-refractivity contribution is 6.00. The number of unbranched alkanes of at least 4 members (excludes halogenated alkanes) is 1.